The first-order chi connectivity index (χ1) is 16.4. The van der Waals surface area contributed by atoms with Gasteiger partial charge in [-0.1, -0.05) is 12.1 Å². The van der Waals surface area contributed by atoms with E-state index in [1.165, 1.54) is 4.31 Å². The van der Waals surface area contributed by atoms with Gasteiger partial charge in [0.05, 0.1) is 23.2 Å². The summed E-state index contributed by atoms with van der Waals surface area (Å²) in [4.78, 5) is 17.6. The summed E-state index contributed by atoms with van der Waals surface area (Å²) in [5, 5.41) is 2.93. The number of nitrogens with zero attached hydrogens (tertiary/aromatic N) is 3. The monoisotopic (exact) mass is 486 g/mol. The van der Waals surface area contributed by atoms with Crippen LogP contribution in [0.2, 0.25) is 0 Å². The van der Waals surface area contributed by atoms with E-state index in [2.05, 4.69) is 21.2 Å². The number of amides is 1. The molecule has 2 aliphatic heterocycles. The Kier molecular flexibility index (Phi) is 7.75. The second kappa shape index (κ2) is 10.8. The molecule has 0 saturated carbocycles. The number of benzene rings is 2. The lowest BCUT2D eigenvalue weighted by Crippen LogP contribution is -2.52. The van der Waals surface area contributed by atoms with E-state index >= 15 is 0 Å². The normalized spacial score (nSPS) is 18.6. The molecule has 2 aliphatic rings. The van der Waals surface area contributed by atoms with Crippen LogP contribution in [0.5, 0.6) is 5.75 Å². The summed E-state index contributed by atoms with van der Waals surface area (Å²) in [6.07, 6.45) is 1.80. The molecule has 2 saturated heterocycles. The minimum absolute atomic E-state index is 0.0988. The number of hydrogen-bond donors (Lipinski definition) is 1. The molecule has 0 bridgehead atoms. The maximum Gasteiger partial charge on any atom is 0.243 e. The zero-order chi connectivity index (χ0) is 24.1. The highest BCUT2D eigenvalue weighted by Gasteiger charge is 2.28. The van der Waals surface area contributed by atoms with Gasteiger partial charge >= 0.3 is 0 Å². The summed E-state index contributed by atoms with van der Waals surface area (Å²) in [7, 11) is -3.45. The molecule has 1 N–H and O–H groups in total. The number of nitrogens with one attached hydrogen (secondary N) is 1. The zero-order valence-electron chi connectivity index (χ0n) is 19.9. The minimum atomic E-state index is -3.45. The SMILES string of the molecule is CCOc1ccccc1N1CCN(C(C)C(=O)Nc2ccc(S(=O)(=O)N3CCCC3)cc2)CC1. The summed E-state index contributed by atoms with van der Waals surface area (Å²) in [6, 6.07) is 14.2. The molecule has 2 fully saturated rings. The smallest absolute Gasteiger partial charge is 0.243 e. The van der Waals surface area contributed by atoms with Gasteiger partial charge in [-0.05, 0) is 63.1 Å². The molecular formula is C25H34N4O4S. The molecule has 2 aromatic carbocycles. The van der Waals surface area contributed by atoms with Crippen LogP contribution in [0.15, 0.2) is 53.4 Å². The van der Waals surface area contributed by atoms with Gasteiger partial charge in [-0.15, -0.1) is 0 Å². The van der Waals surface area contributed by atoms with E-state index in [-0.39, 0.29) is 16.8 Å². The van der Waals surface area contributed by atoms with Crippen molar-refractivity contribution in [2.24, 2.45) is 0 Å². The van der Waals surface area contributed by atoms with Gasteiger partial charge in [-0.2, -0.15) is 4.31 Å². The van der Waals surface area contributed by atoms with Crippen molar-refractivity contribution in [3.8, 4) is 5.75 Å². The first-order valence-corrected chi connectivity index (χ1v) is 13.5. The van der Waals surface area contributed by atoms with Crippen LogP contribution in [-0.4, -0.2) is 75.4 Å². The van der Waals surface area contributed by atoms with Crippen LogP contribution >= 0.6 is 0 Å². The zero-order valence-corrected chi connectivity index (χ0v) is 20.8. The first-order valence-electron chi connectivity index (χ1n) is 12.0. The molecule has 34 heavy (non-hydrogen) atoms. The molecule has 2 aromatic rings. The Morgan fingerprint density at radius 2 is 1.62 bits per heavy atom. The largest absolute Gasteiger partial charge is 0.492 e. The fourth-order valence-electron chi connectivity index (χ4n) is 4.55. The Morgan fingerprint density at radius 3 is 2.26 bits per heavy atom. The van der Waals surface area contributed by atoms with E-state index in [1.807, 2.05) is 32.0 Å². The summed E-state index contributed by atoms with van der Waals surface area (Å²) >= 11 is 0. The van der Waals surface area contributed by atoms with Crippen LogP contribution in [0.1, 0.15) is 26.7 Å². The lowest BCUT2D eigenvalue weighted by molar-refractivity contribution is -0.120. The van der Waals surface area contributed by atoms with Gasteiger partial charge in [0, 0.05) is 45.0 Å². The van der Waals surface area contributed by atoms with E-state index in [1.54, 1.807) is 24.3 Å². The van der Waals surface area contributed by atoms with E-state index in [4.69, 9.17) is 4.74 Å². The van der Waals surface area contributed by atoms with Crippen molar-refractivity contribution in [3.05, 3.63) is 48.5 Å². The van der Waals surface area contributed by atoms with Crippen LogP contribution < -0.4 is 15.0 Å². The predicted molar refractivity (Wildman–Crippen MR) is 134 cm³/mol. The second-order valence-corrected chi connectivity index (χ2v) is 10.7. The highest BCUT2D eigenvalue weighted by atomic mass is 32.2. The van der Waals surface area contributed by atoms with Crippen LogP contribution in [0.3, 0.4) is 0 Å². The fourth-order valence-corrected chi connectivity index (χ4v) is 6.06. The molecule has 184 valence electrons. The van der Waals surface area contributed by atoms with Crippen molar-refractivity contribution in [3.63, 3.8) is 0 Å². The van der Waals surface area contributed by atoms with Gasteiger partial charge < -0.3 is 15.0 Å². The maximum absolute atomic E-state index is 12.9. The summed E-state index contributed by atoms with van der Waals surface area (Å²) in [5.74, 6) is 0.790. The molecule has 9 heteroatoms. The average molecular weight is 487 g/mol. The summed E-state index contributed by atoms with van der Waals surface area (Å²) in [6.45, 7) is 8.81. The maximum atomic E-state index is 12.9. The van der Waals surface area contributed by atoms with E-state index in [0.29, 0.717) is 25.4 Å². The highest BCUT2D eigenvalue weighted by molar-refractivity contribution is 7.89. The van der Waals surface area contributed by atoms with Gasteiger partial charge in [0.1, 0.15) is 5.75 Å². The van der Waals surface area contributed by atoms with Crippen molar-refractivity contribution in [1.82, 2.24) is 9.21 Å². The summed E-state index contributed by atoms with van der Waals surface area (Å²) in [5.41, 5.74) is 1.69. The molecule has 1 amide bonds. The predicted octanol–water partition coefficient (Wildman–Crippen LogP) is 3.02. The molecule has 1 unspecified atom stereocenters. The summed E-state index contributed by atoms with van der Waals surface area (Å²) < 4.78 is 32.7. The molecule has 0 aromatic heterocycles. The third kappa shape index (κ3) is 5.37. The van der Waals surface area contributed by atoms with Gasteiger partial charge in [0.15, 0.2) is 0 Å². The highest BCUT2D eigenvalue weighted by Crippen LogP contribution is 2.29. The number of hydrogen-bond acceptors (Lipinski definition) is 6. The van der Waals surface area contributed by atoms with Crippen molar-refractivity contribution in [2.75, 3.05) is 56.1 Å². The number of rotatable bonds is 8. The Bertz CT molecular complexity index is 1080. The van der Waals surface area contributed by atoms with E-state index in [9.17, 15) is 13.2 Å². The molecular weight excluding hydrogens is 452 g/mol. The first kappa shape index (κ1) is 24.5. The standard InChI is InChI=1S/C25H34N4O4S/c1-3-33-24-9-5-4-8-23(24)28-18-16-27(17-19-28)20(2)25(30)26-21-10-12-22(13-11-21)34(31,32)29-14-6-7-15-29/h4-5,8-13,20H,3,6-7,14-19H2,1-2H3,(H,26,30). The second-order valence-electron chi connectivity index (χ2n) is 8.72. The van der Waals surface area contributed by atoms with Crippen molar-refractivity contribution in [1.29, 1.82) is 0 Å². The van der Waals surface area contributed by atoms with Crippen LogP contribution in [0.4, 0.5) is 11.4 Å². The number of piperazine rings is 1. The third-order valence-electron chi connectivity index (χ3n) is 6.57. The van der Waals surface area contributed by atoms with Crippen molar-refractivity contribution < 1.29 is 17.9 Å². The van der Waals surface area contributed by atoms with Crippen molar-refractivity contribution >= 4 is 27.3 Å². The van der Waals surface area contributed by atoms with Gasteiger partial charge in [0.2, 0.25) is 15.9 Å². The Hall–Kier alpha value is -2.62. The van der Waals surface area contributed by atoms with Crippen molar-refractivity contribution in [2.45, 2.75) is 37.6 Å². The number of ether oxygens (including phenoxy) is 1. The Morgan fingerprint density at radius 1 is 0.971 bits per heavy atom. The number of para-hydroxylation sites is 2. The van der Waals surface area contributed by atoms with E-state index < -0.39 is 10.0 Å². The lowest BCUT2D eigenvalue weighted by atomic mass is 10.2. The molecule has 1 atom stereocenters. The number of carbonyl (C=O) groups excluding carboxylic acids is 1. The molecule has 0 spiro atoms. The number of sulfonamides is 1. The van der Waals surface area contributed by atoms with Crippen LogP contribution in [0.25, 0.3) is 0 Å². The van der Waals surface area contributed by atoms with Gasteiger partial charge in [-0.3, -0.25) is 9.69 Å². The topological polar surface area (TPSA) is 82.2 Å². The lowest BCUT2D eigenvalue weighted by Gasteiger charge is -2.39. The molecule has 4 rings (SSSR count). The van der Waals surface area contributed by atoms with Crippen LogP contribution in [0, 0.1) is 0 Å². The molecule has 0 radical (unpaired) electrons. The quantitative estimate of drug-likeness (QED) is 0.618. The minimum Gasteiger partial charge on any atom is -0.492 e. The van der Waals surface area contributed by atoms with Gasteiger partial charge in [-0.25, -0.2) is 8.42 Å². The number of anilines is 2. The Labute approximate surface area is 202 Å². The van der Waals surface area contributed by atoms with E-state index in [0.717, 1.165) is 50.5 Å². The molecule has 0 aliphatic carbocycles. The average Bonchev–Trinajstić information content (AvgIpc) is 3.41. The fraction of sp³-hybridized carbons (Fsp3) is 0.480. The molecule has 2 heterocycles. The third-order valence-corrected chi connectivity index (χ3v) is 8.48. The number of carbonyl (C=O) groups is 1. The molecule has 8 nitrogen and oxygen atoms in total. The Balaban J connectivity index is 1.32. The van der Waals surface area contributed by atoms with Gasteiger partial charge in [0.25, 0.3) is 0 Å². The van der Waals surface area contributed by atoms with Crippen LogP contribution in [-0.2, 0) is 14.8 Å².